The van der Waals surface area contributed by atoms with E-state index >= 15 is 4.39 Å². The molecule has 22 heteroatoms. The van der Waals surface area contributed by atoms with Crippen LogP contribution in [0.3, 0.4) is 0 Å². The average molecular weight is 839 g/mol. The number of nitrogens with one attached hydrogen (secondary N) is 1. The maximum atomic E-state index is 16.6. The molecule has 0 spiro atoms. The molecule has 2 bridgehead atoms. The number of alkyl halides is 1. The molecule has 3 aromatic rings. The zero-order valence-electron chi connectivity index (χ0n) is 30.5. The number of phosphoric acid groups is 1. The first-order chi connectivity index (χ1) is 26.0. The van der Waals surface area contributed by atoms with E-state index in [0.717, 1.165) is 6.33 Å². The highest BCUT2D eigenvalue weighted by molar-refractivity contribution is 8.44. The van der Waals surface area contributed by atoms with E-state index in [1.54, 1.807) is 30.3 Å². The molecule has 3 saturated heterocycles. The lowest BCUT2D eigenvalue weighted by Gasteiger charge is -2.40. The fourth-order valence-electron chi connectivity index (χ4n) is 5.81. The van der Waals surface area contributed by atoms with Crippen molar-refractivity contribution in [2.75, 3.05) is 25.1 Å². The zero-order valence-corrected chi connectivity index (χ0v) is 34.2. The van der Waals surface area contributed by atoms with Gasteiger partial charge >= 0.3 is 14.6 Å². The number of amides is 1. The molecule has 3 fully saturated rings. The Kier molecular flexibility index (Phi) is 12.4. The van der Waals surface area contributed by atoms with Gasteiger partial charge in [-0.1, -0.05) is 57.1 Å². The van der Waals surface area contributed by atoms with E-state index in [9.17, 15) is 19.2 Å². The normalized spacial score (nSPS) is 33.0. The first-order valence-electron chi connectivity index (χ1n) is 17.2. The van der Waals surface area contributed by atoms with Crippen molar-refractivity contribution in [1.82, 2.24) is 19.5 Å². The maximum Gasteiger partial charge on any atom is 0.475 e. The summed E-state index contributed by atoms with van der Waals surface area (Å²) in [6.07, 6.45) is -3.23. The summed E-state index contributed by atoms with van der Waals surface area (Å²) in [5, 5.41) is 11.5. The number of nitrogens with zero attached hydrogens (tertiary/aromatic N) is 5. The van der Waals surface area contributed by atoms with Crippen LogP contribution in [-0.4, -0.2) is 96.4 Å². The topological polar surface area (TPSA) is 204 Å². The zero-order chi connectivity index (χ0) is 39.8. The number of aromatic nitrogens is 4. The molecule has 6 rings (SSSR count). The molecule has 0 radical (unpaired) electrons. The second-order valence-corrected chi connectivity index (χ2v) is 23.6. The Labute approximate surface area is 323 Å². The maximum absolute atomic E-state index is 16.6. The van der Waals surface area contributed by atoms with Crippen molar-refractivity contribution in [2.24, 2.45) is 0 Å². The van der Waals surface area contributed by atoms with E-state index < -0.39 is 91.1 Å². The van der Waals surface area contributed by atoms with Crippen molar-refractivity contribution in [3.05, 3.63) is 48.5 Å². The third-order valence-electron chi connectivity index (χ3n) is 9.65. The number of ether oxygens (including phenoxy) is 2. The summed E-state index contributed by atoms with van der Waals surface area (Å²) >= 11 is 4.16. The minimum absolute atomic E-state index is 0.0481. The molecule has 17 nitrogen and oxygen atoms in total. The van der Waals surface area contributed by atoms with E-state index in [2.05, 4.69) is 38.4 Å². The lowest BCUT2D eigenvalue weighted by atomic mass is 10.1. The minimum atomic E-state index is -4.67. The molecule has 3 unspecified atom stereocenters. The summed E-state index contributed by atoms with van der Waals surface area (Å²) in [5.74, 6) is 2.05. The van der Waals surface area contributed by atoms with Crippen LogP contribution >= 0.6 is 26.9 Å². The average Bonchev–Trinajstić information content (AvgIpc) is 3.79. The van der Waals surface area contributed by atoms with Crippen LogP contribution in [0, 0.1) is 23.7 Å². The lowest BCUT2D eigenvalue weighted by molar-refractivity contribution is -0.0511. The highest BCUT2D eigenvalue weighted by Gasteiger charge is 2.56. The van der Waals surface area contributed by atoms with Crippen molar-refractivity contribution < 1.29 is 54.8 Å². The van der Waals surface area contributed by atoms with E-state index in [0.29, 0.717) is 5.56 Å². The van der Waals surface area contributed by atoms with Gasteiger partial charge < -0.3 is 19.2 Å². The van der Waals surface area contributed by atoms with Gasteiger partial charge in [-0.15, -0.1) is 6.42 Å². The van der Waals surface area contributed by atoms with Crippen molar-refractivity contribution in [3.8, 4) is 18.4 Å². The number of hydrogen-bond acceptors (Lipinski definition) is 15. The van der Waals surface area contributed by atoms with Crippen LogP contribution in [-0.2, 0) is 45.6 Å². The monoisotopic (exact) mass is 838 g/mol. The van der Waals surface area contributed by atoms with E-state index in [-0.39, 0.29) is 35.0 Å². The lowest BCUT2D eigenvalue weighted by Crippen LogP contribution is -2.50. The summed E-state index contributed by atoms with van der Waals surface area (Å²) < 4.78 is 93.6. The summed E-state index contributed by atoms with van der Waals surface area (Å²) in [5.41, 5.74) is 0.548. The number of nitriles is 1. The third-order valence-corrected chi connectivity index (χ3v) is 17.2. The largest absolute Gasteiger partial charge is 0.475 e. The van der Waals surface area contributed by atoms with Gasteiger partial charge in [0.15, 0.2) is 37.7 Å². The highest BCUT2D eigenvalue weighted by atomic mass is 32.7. The molecule has 1 N–H and O–H groups in total. The van der Waals surface area contributed by atoms with Crippen LogP contribution in [0.15, 0.2) is 43.0 Å². The predicted octanol–water partition coefficient (Wildman–Crippen LogP) is 6.00. The Hall–Kier alpha value is -3.07. The minimum Gasteiger partial charge on any atom is -0.408 e. The second kappa shape index (κ2) is 16.4. The van der Waals surface area contributed by atoms with Crippen LogP contribution in [0.5, 0.6) is 0 Å². The number of benzene rings is 1. The quantitative estimate of drug-likeness (QED) is 0.0878. The van der Waals surface area contributed by atoms with Crippen molar-refractivity contribution in [2.45, 2.75) is 94.3 Å². The number of hydrogen-bond donors (Lipinski definition) is 2. The van der Waals surface area contributed by atoms with Gasteiger partial charge in [-0.25, -0.2) is 28.5 Å². The van der Waals surface area contributed by atoms with Crippen molar-refractivity contribution >= 4 is 58.1 Å². The Balaban J connectivity index is 1.32. The molecule has 5 heterocycles. The van der Waals surface area contributed by atoms with Gasteiger partial charge in [-0.3, -0.25) is 32.0 Å². The number of carbonyl (C=O) groups excluding carboxylic acids is 1. The molecular weight excluding hydrogens is 797 g/mol. The summed E-state index contributed by atoms with van der Waals surface area (Å²) in [6, 6.07) is 10.3. The first-order valence-corrected chi connectivity index (χ1v) is 24.3. The number of halogens is 1. The van der Waals surface area contributed by atoms with Gasteiger partial charge in [-0.2, -0.15) is 5.26 Å². The number of phosphoric ester groups is 1. The third kappa shape index (κ3) is 9.07. The number of carbonyl (C=O) groups is 1. The Morgan fingerprint density at radius 1 is 1.11 bits per heavy atom. The molecule has 2 aromatic heterocycles. The van der Waals surface area contributed by atoms with Crippen LogP contribution < -0.4 is 5.32 Å². The van der Waals surface area contributed by atoms with E-state index in [1.165, 1.54) is 10.9 Å². The van der Waals surface area contributed by atoms with Crippen LogP contribution in [0.1, 0.15) is 43.8 Å². The standard InChI is InChI=1S/C33H41FN6O11P2SSi/c1-7-21-27-28(51-55(5,6)33(2,3)4)23(47-21)17-46-53(43,54)50-26-22(16-45-52(42,49-27)44-15-11-14-35)48-32(24(26)34)40-19-38-25-29(36-18-37-30(25)40)39-31(41)20-12-9-8-10-13-20/h1,8-10,12-13,18-19,21-24,26-28,32H,11,15-17H2,2-6H3,(H,43,54)(H,36,37,39,41)/t21-,22+,23+,24+,26+,27-,28?,32+,52?,53?/m0/s1. The van der Waals surface area contributed by atoms with Gasteiger partial charge in [0, 0.05) is 5.56 Å². The van der Waals surface area contributed by atoms with Gasteiger partial charge in [0.2, 0.25) is 0 Å². The molecule has 1 amide bonds. The number of terminal acetylenes is 1. The Morgan fingerprint density at radius 3 is 2.53 bits per heavy atom. The molecule has 0 saturated carbocycles. The summed E-state index contributed by atoms with van der Waals surface area (Å²) in [4.78, 5) is 25.6. The molecule has 0 aliphatic carbocycles. The number of fused-ring (bicyclic) bond motifs is 4. The SMILES string of the molecule is C#C[C@@H]1O[C@@H]2COP(=O)(S)O[C@H]3[C@@H](F)[C@H](n4cnc5c(NC(=O)c6ccccc6)ncnc54)O[C@@H]3COP(=O)(OCCC#N)O[C@@H]1C2O[Si](C)(C)C(C)(C)C. The molecule has 3 aliphatic heterocycles. The van der Waals surface area contributed by atoms with Crippen LogP contribution in [0.2, 0.25) is 18.1 Å². The number of imidazole rings is 1. The molecule has 10 atom stereocenters. The van der Waals surface area contributed by atoms with Gasteiger partial charge in [-0.05, 0) is 30.3 Å². The fraction of sp³-hybridized carbons (Fsp3) is 0.545. The van der Waals surface area contributed by atoms with Gasteiger partial charge in [0.05, 0.1) is 38.6 Å². The molecule has 296 valence electrons. The molecule has 3 aliphatic rings. The second-order valence-electron chi connectivity index (χ2n) is 14.4. The van der Waals surface area contributed by atoms with Gasteiger partial charge in [0.25, 0.3) is 5.91 Å². The first kappa shape index (κ1) is 41.6. The molecule has 55 heavy (non-hydrogen) atoms. The number of rotatable bonds is 8. The predicted molar refractivity (Wildman–Crippen MR) is 200 cm³/mol. The molecule has 1 aromatic carbocycles. The number of thiol groups is 1. The Morgan fingerprint density at radius 2 is 1.84 bits per heavy atom. The number of anilines is 1. The highest BCUT2D eigenvalue weighted by Crippen LogP contribution is 2.59. The van der Waals surface area contributed by atoms with Gasteiger partial charge in [0.1, 0.15) is 43.0 Å². The van der Waals surface area contributed by atoms with Crippen molar-refractivity contribution in [1.29, 1.82) is 5.26 Å². The smallest absolute Gasteiger partial charge is 0.408 e. The Bertz CT molecular complexity index is 2060. The summed E-state index contributed by atoms with van der Waals surface area (Å²) in [7, 11) is -7.30. The van der Waals surface area contributed by atoms with Crippen molar-refractivity contribution in [3.63, 3.8) is 0 Å². The molecular formula is C33H41FN6O11P2SSi. The van der Waals surface area contributed by atoms with Crippen LogP contribution in [0.4, 0.5) is 10.2 Å². The van der Waals surface area contributed by atoms with Crippen LogP contribution in [0.25, 0.3) is 11.2 Å². The fourth-order valence-corrected chi connectivity index (χ4v) is 9.99. The summed E-state index contributed by atoms with van der Waals surface area (Å²) in [6.45, 7) is 4.02. The van der Waals surface area contributed by atoms with E-state index in [4.69, 9.17) is 42.9 Å². The van der Waals surface area contributed by atoms with E-state index in [1.807, 2.05) is 39.9 Å².